The van der Waals surface area contributed by atoms with Crippen molar-refractivity contribution in [3.8, 4) is 0 Å². The first-order valence-corrected chi connectivity index (χ1v) is 5.93. The third-order valence-corrected chi connectivity index (χ3v) is 3.39. The Kier molecular flexibility index (Phi) is 3.37. The van der Waals surface area contributed by atoms with Gasteiger partial charge >= 0.3 is 0 Å². The van der Waals surface area contributed by atoms with Crippen molar-refractivity contribution in [1.82, 2.24) is 9.88 Å². The molecule has 0 unspecified atom stereocenters. The van der Waals surface area contributed by atoms with E-state index in [2.05, 4.69) is 36.0 Å². The zero-order valence-corrected chi connectivity index (χ0v) is 9.74. The summed E-state index contributed by atoms with van der Waals surface area (Å²) >= 11 is 0. The Balaban J connectivity index is 2.03. The molecule has 82 valence electrons. The summed E-state index contributed by atoms with van der Waals surface area (Å²) in [7, 11) is 2.20. The third-order valence-electron chi connectivity index (χ3n) is 3.39. The zero-order chi connectivity index (χ0) is 10.7. The zero-order valence-electron chi connectivity index (χ0n) is 9.74. The van der Waals surface area contributed by atoms with Crippen LogP contribution in [0.5, 0.6) is 0 Å². The molecule has 0 amide bonds. The molecule has 1 aromatic rings. The summed E-state index contributed by atoms with van der Waals surface area (Å²) < 4.78 is 0. The van der Waals surface area contributed by atoms with Crippen LogP contribution >= 0.6 is 0 Å². The van der Waals surface area contributed by atoms with E-state index in [-0.39, 0.29) is 0 Å². The standard InChI is InChI=1S/C13H20N2/c1-3-11-4-5-13(14-10-11)12-6-8-15(2)9-7-12/h4-5,10,12H,3,6-9H2,1-2H3. The van der Waals surface area contributed by atoms with Crippen molar-refractivity contribution in [1.29, 1.82) is 0 Å². The monoisotopic (exact) mass is 204 g/mol. The molecule has 0 aromatic carbocycles. The highest BCUT2D eigenvalue weighted by Gasteiger charge is 2.18. The summed E-state index contributed by atoms with van der Waals surface area (Å²) in [5.74, 6) is 0.687. The maximum atomic E-state index is 4.58. The highest BCUT2D eigenvalue weighted by molar-refractivity contribution is 5.17. The van der Waals surface area contributed by atoms with Gasteiger partial charge in [-0.3, -0.25) is 4.98 Å². The molecule has 2 heteroatoms. The van der Waals surface area contributed by atoms with Crippen LogP contribution in [0.4, 0.5) is 0 Å². The van der Waals surface area contributed by atoms with Crippen molar-refractivity contribution in [3.63, 3.8) is 0 Å². The molecule has 0 spiro atoms. The average molecular weight is 204 g/mol. The number of pyridine rings is 1. The average Bonchev–Trinajstić information content (AvgIpc) is 2.30. The number of aryl methyl sites for hydroxylation is 1. The fourth-order valence-electron chi connectivity index (χ4n) is 2.19. The molecule has 2 heterocycles. The summed E-state index contributed by atoms with van der Waals surface area (Å²) in [4.78, 5) is 6.98. The molecule has 2 rings (SSSR count). The lowest BCUT2D eigenvalue weighted by Crippen LogP contribution is -2.29. The molecule has 1 saturated heterocycles. The van der Waals surface area contributed by atoms with Crippen molar-refractivity contribution >= 4 is 0 Å². The Morgan fingerprint density at radius 2 is 2.07 bits per heavy atom. The second-order valence-corrected chi connectivity index (χ2v) is 4.52. The lowest BCUT2D eigenvalue weighted by molar-refractivity contribution is 0.253. The van der Waals surface area contributed by atoms with E-state index in [1.807, 2.05) is 6.20 Å². The van der Waals surface area contributed by atoms with Crippen molar-refractivity contribution in [2.24, 2.45) is 0 Å². The van der Waals surface area contributed by atoms with Gasteiger partial charge in [0.2, 0.25) is 0 Å². The minimum Gasteiger partial charge on any atom is -0.306 e. The van der Waals surface area contributed by atoms with E-state index >= 15 is 0 Å². The van der Waals surface area contributed by atoms with Gasteiger partial charge in [0, 0.05) is 17.8 Å². The SMILES string of the molecule is CCc1ccc(C2CCN(C)CC2)nc1. The largest absolute Gasteiger partial charge is 0.306 e. The number of aromatic nitrogens is 1. The van der Waals surface area contributed by atoms with E-state index in [4.69, 9.17) is 0 Å². The third kappa shape index (κ3) is 2.57. The van der Waals surface area contributed by atoms with Gasteiger partial charge in [0.05, 0.1) is 0 Å². The molecule has 15 heavy (non-hydrogen) atoms. The van der Waals surface area contributed by atoms with E-state index in [9.17, 15) is 0 Å². The first-order valence-electron chi connectivity index (χ1n) is 5.93. The number of piperidine rings is 1. The summed E-state index contributed by atoms with van der Waals surface area (Å²) in [6, 6.07) is 4.44. The highest BCUT2D eigenvalue weighted by atomic mass is 15.1. The van der Waals surface area contributed by atoms with E-state index in [0.29, 0.717) is 5.92 Å². The molecule has 0 atom stereocenters. The Hall–Kier alpha value is -0.890. The van der Waals surface area contributed by atoms with E-state index in [0.717, 1.165) is 6.42 Å². The number of hydrogen-bond donors (Lipinski definition) is 0. The second kappa shape index (κ2) is 4.75. The topological polar surface area (TPSA) is 16.1 Å². The number of rotatable bonds is 2. The van der Waals surface area contributed by atoms with Gasteiger partial charge in [0.15, 0.2) is 0 Å². The minimum absolute atomic E-state index is 0.687. The molecule has 0 saturated carbocycles. The van der Waals surface area contributed by atoms with Crippen LogP contribution in [0.1, 0.15) is 36.9 Å². The molecular formula is C13H20N2. The minimum atomic E-state index is 0.687. The Labute approximate surface area is 92.3 Å². The maximum Gasteiger partial charge on any atom is 0.0435 e. The summed E-state index contributed by atoms with van der Waals surface area (Å²) in [6.45, 7) is 4.59. The lowest BCUT2D eigenvalue weighted by atomic mass is 9.93. The molecule has 0 radical (unpaired) electrons. The molecule has 2 nitrogen and oxygen atoms in total. The quantitative estimate of drug-likeness (QED) is 0.735. The van der Waals surface area contributed by atoms with Crippen LogP contribution in [0.15, 0.2) is 18.3 Å². The normalized spacial score (nSPS) is 19.3. The summed E-state index contributed by atoms with van der Waals surface area (Å²) in [5, 5.41) is 0. The molecule has 0 aliphatic carbocycles. The lowest BCUT2D eigenvalue weighted by Gasteiger charge is -2.28. The maximum absolute atomic E-state index is 4.58. The smallest absolute Gasteiger partial charge is 0.0435 e. The van der Waals surface area contributed by atoms with Crippen LogP contribution < -0.4 is 0 Å². The van der Waals surface area contributed by atoms with E-state index < -0.39 is 0 Å². The first-order chi connectivity index (χ1) is 7.29. The van der Waals surface area contributed by atoms with Gasteiger partial charge in [0.25, 0.3) is 0 Å². The van der Waals surface area contributed by atoms with Gasteiger partial charge in [-0.25, -0.2) is 0 Å². The van der Waals surface area contributed by atoms with Gasteiger partial charge in [-0.2, -0.15) is 0 Å². The molecule has 0 N–H and O–H groups in total. The fourth-order valence-corrected chi connectivity index (χ4v) is 2.19. The van der Waals surface area contributed by atoms with E-state index in [1.165, 1.54) is 37.2 Å². The van der Waals surface area contributed by atoms with Crippen LogP contribution in [0, 0.1) is 0 Å². The first kappa shape index (κ1) is 10.6. The number of nitrogens with zero attached hydrogens (tertiary/aromatic N) is 2. The Morgan fingerprint density at radius 3 is 2.60 bits per heavy atom. The molecule has 1 aromatic heterocycles. The molecule has 1 aliphatic heterocycles. The van der Waals surface area contributed by atoms with Crippen LogP contribution in [-0.2, 0) is 6.42 Å². The van der Waals surface area contributed by atoms with Crippen molar-refractivity contribution < 1.29 is 0 Å². The van der Waals surface area contributed by atoms with Gasteiger partial charge in [-0.1, -0.05) is 13.0 Å². The van der Waals surface area contributed by atoms with Crippen molar-refractivity contribution in [2.75, 3.05) is 20.1 Å². The predicted molar refractivity (Wildman–Crippen MR) is 63.1 cm³/mol. The van der Waals surface area contributed by atoms with Crippen LogP contribution in [0.2, 0.25) is 0 Å². The molecular weight excluding hydrogens is 184 g/mol. The molecule has 1 aliphatic rings. The molecule has 1 fully saturated rings. The van der Waals surface area contributed by atoms with Crippen molar-refractivity contribution in [3.05, 3.63) is 29.6 Å². The van der Waals surface area contributed by atoms with Crippen LogP contribution in [0.3, 0.4) is 0 Å². The number of likely N-dealkylation sites (tertiary alicyclic amines) is 1. The van der Waals surface area contributed by atoms with Gasteiger partial charge < -0.3 is 4.90 Å². The van der Waals surface area contributed by atoms with Gasteiger partial charge in [-0.15, -0.1) is 0 Å². The fraction of sp³-hybridized carbons (Fsp3) is 0.615. The van der Waals surface area contributed by atoms with Gasteiger partial charge in [0.1, 0.15) is 0 Å². The Bertz CT molecular complexity index is 297. The highest BCUT2D eigenvalue weighted by Crippen LogP contribution is 2.25. The van der Waals surface area contributed by atoms with Crippen molar-refractivity contribution in [2.45, 2.75) is 32.1 Å². The Morgan fingerprint density at radius 1 is 1.33 bits per heavy atom. The second-order valence-electron chi connectivity index (χ2n) is 4.52. The molecule has 0 bridgehead atoms. The summed E-state index contributed by atoms with van der Waals surface area (Å²) in [6.07, 6.45) is 5.64. The number of hydrogen-bond acceptors (Lipinski definition) is 2. The predicted octanol–water partition coefficient (Wildman–Crippen LogP) is 2.45. The summed E-state index contributed by atoms with van der Waals surface area (Å²) in [5.41, 5.74) is 2.63. The van der Waals surface area contributed by atoms with Gasteiger partial charge in [-0.05, 0) is 51.0 Å². The van der Waals surface area contributed by atoms with Crippen LogP contribution in [0.25, 0.3) is 0 Å². The van der Waals surface area contributed by atoms with Crippen LogP contribution in [-0.4, -0.2) is 30.0 Å². The van der Waals surface area contributed by atoms with E-state index in [1.54, 1.807) is 0 Å².